The SMILES string of the molecule is C=C(NOCc1nc2c3cnn(-c4ccc(C)cc4)c3ncn2n1)c1ccccc1. The third-order valence-electron chi connectivity index (χ3n) is 4.75. The molecular formula is C22H19N7O. The van der Waals surface area contributed by atoms with E-state index in [0.717, 1.165) is 22.3 Å². The van der Waals surface area contributed by atoms with E-state index in [1.807, 2.05) is 54.6 Å². The third-order valence-corrected chi connectivity index (χ3v) is 4.75. The number of nitrogens with zero attached hydrogens (tertiary/aromatic N) is 6. The van der Waals surface area contributed by atoms with Gasteiger partial charge in [0.15, 0.2) is 17.1 Å². The van der Waals surface area contributed by atoms with Crippen LogP contribution in [0.3, 0.4) is 0 Å². The third kappa shape index (κ3) is 3.29. The van der Waals surface area contributed by atoms with Gasteiger partial charge in [-0.2, -0.15) is 5.10 Å². The zero-order chi connectivity index (χ0) is 20.5. The lowest BCUT2D eigenvalue weighted by atomic mass is 10.2. The minimum Gasteiger partial charge on any atom is -0.268 e. The molecule has 8 heteroatoms. The number of rotatable bonds is 6. The number of fused-ring (bicyclic) bond motifs is 3. The molecule has 0 aliphatic heterocycles. The van der Waals surface area contributed by atoms with Crippen LogP contribution in [0.2, 0.25) is 0 Å². The van der Waals surface area contributed by atoms with Crippen LogP contribution < -0.4 is 5.48 Å². The monoisotopic (exact) mass is 397 g/mol. The maximum Gasteiger partial charge on any atom is 0.180 e. The minimum atomic E-state index is 0.182. The van der Waals surface area contributed by atoms with Crippen LogP contribution in [0.25, 0.3) is 28.1 Å². The first-order chi connectivity index (χ1) is 14.7. The average molecular weight is 397 g/mol. The molecule has 3 aromatic heterocycles. The van der Waals surface area contributed by atoms with Gasteiger partial charge < -0.3 is 0 Å². The second-order valence-corrected chi connectivity index (χ2v) is 6.91. The molecule has 0 saturated carbocycles. The van der Waals surface area contributed by atoms with E-state index in [-0.39, 0.29) is 6.61 Å². The second kappa shape index (κ2) is 7.41. The van der Waals surface area contributed by atoms with Crippen molar-refractivity contribution in [1.29, 1.82) is 0 Å². The van der Waals surface area contributed by atoms with Gasteiger partial charge in [0.05, 0.1) is 23.0 Å². The molecule has 0 spiro atoms. The number of hydroxylamine groups is 1. The van der Waals surface area contributed by atoms with Crippen molar-refractivity contribution in [2.75, 3.05) is 0 Å². The maximum absolute atomic E-state index is 5.53. The fraction of sp³-hybridized carbons (Fsp3) is 0.0909. The summed E-state index contributed by atoms with van der Waals surface area (Å²) in [5.41, 5.74) is 8.00. The number of aromatic nitrogens is 6. The minimum absolute atomic E-state index is 0.182. The van der Waals surface area contributed by atoms with Gasteiger partial charge in [-0.05, 0) is 24.6 Å². The number of aryl methyl sites for hydroxylation is 1. The van der Waals surface area contributed by atoms with Crippen molar-refractivity contribution >= 4 is 22.4 Å². The lowest BCUT2D eigenvalue weighted by Crippen LogP contribution is -2.12. The Morgan fingerprint density at radius 2 is 1.87 bits per heavy atom. The summed E-state index contributed by atoms with van der Waals surface area (Å²) in [4.78, 5) is 14.6. The number of hydrogen-bond acceptors (Lipinski definition) is 6. The Labute approximate surface area is 172 Å². The Hall–Kier alpha value is -4.04. The quantitative estimate of drug-likeness (QED) is 0.442. The van der Waals surface area contributed by atoms with Crippen molar-refractivity contribution in [3.63, 3.8) is 0 Å². The first-order valence-corrected chi connectivity index (χ1v) is 9.46. The van der Waals surface area contributed by atoms with Crippen LogP contribution >= 0.6 is 0 Å². The molecular weight excluding hydrogens is 378 g/mol. The number of hydrogen-bond donors (Lipinski definition) is 1. The van der Waals surface area contributed by atoms with Crippen LogP contribution in [0.15, 0.2) is 73.7 Å². The van der Waals surface area contributed by atoms with E-state index in [2.05, 4.69) is 39.1 Å². The van der Waals surface area contributed by atoms with Gasteiger partial charge >= 0.3 is 0 Å². The molecule has 0 aliphatic carbocycles. The molecule has 0 atom stereocenters. The van der Waals surface area contributed by atoms with Crippen LogP contribution in [0, 0.1) is 6.92 Å². The highest BCUT2D eigenvalue weighted by atomic mass is 16.6. The van der Waals surface area contributed by atoms with Crippen molar-refractivity contribution < 1.29 is 4.84 Å². The van der Waals surface area contributed by atoms with Crippen LogP contribution in [-0.2, 0) is 11.4 Å². The standard InChI is InChI=1S/C22H19N7O/c1-15-8-10-18(11-9-15)29-21-19(12-24-29)22-25-20(26-28(22)14-23-21)13-30-27-16(2)17-6-4-3-5-7-17/h3-12,14,27H,2,13H2,1H3. The molecule has 8 nitrogen and oxygen atoms in total. The molecule has 5 aromatic rings. The van der Waals surface area contributed by atoms with E-state index in [1.165, 1.54) is 5.56 Å². The molecule has 0 bridgehead atoms. The average Bonchev–Trinajstić information content (AvgIpc) is 3.38. The molecule has 30 heavy (non-hydrogen) atoms. The highest BCUT2D eigenvalue weighted by Crippen LogP contribution is 2.20. The van der Waals surface area contributed by atoms with Gasteiger partial charge in [-0.25, -0.2) is 19.2 Å². The molecule has 0 amide bonds. The summed E-state index contributed by atoms with van der Waals surface area (Å²) in [6.07, 6.45) is 3.39. The van der Waals surface area contributed by atoms with Crippen molar-refractivity contribution in [3.05, 3.63) is 90.7 Å². The highest BCUT2D eigenvalue weighted by molar-refractivity contribution is 5.89. The first-order valence-electron chi connectivity index (χ1n) is 9.46. The van der Waals surface area contributed by atoms with Gasteiger partial charge in [0, 0.05) is 0 Å². The summed E-state index contributed by atoms with van der Waals surface area (Å²) in [7, 11) is 0. The van der Waals surface area contributed by atoms with Gasteiger partial charge in [-0.3, -0.25) is 10.3 Å². The van der Waals surface area contributed by atoms with E-state index >= 15 is 0 Å². The largest absolute Gasteiger partial charge is 0.268 e. The van der Waals surface area contributed by atoms with E-state index in [1.54, 1.807) is 21.7 Å². The highest BCUT2D eigenvalue weighted by Gasteiger charge is 2.13. The van der Waals surface area contributed by atoms with E-state index in [0.29, 0.717) is 17.2 Å². The fourth-order valence-electron chi connectivity index (χ4n) is 3.19. The van der Waals surface area contributed by atoms with Gasteiger partial charge in [0.25, 0.3) is 0 Å². The van der Waals surface area contributed by atoms with Crippen molar-refractivity contribution in [3.8, 4) is 5.69 Å². The normalized spacial score (nSPS) is 11.2. The molecule has 1 N–H and O–H groups in total. The Morgan fingerprint density at radius 3 is 2.67 bits per heavy atom. The molecule has 3 heterocycles. The summed E-state index contributed by atoms with van der Waals surface area (Å²) in [6, 6.07) is 17.9. The topological polar surface area (TPSA) is 82.2 Å². The fourth-order valence-corrected chi connectivity index (χ4v) is 3.19. The number of nitrogens with one attached hydrogen (secondary N) is 1. The zero-order valence-corrected chi connectivity index (χ0v) is 16.4. The smallest absolute Gasteiger partial charge is 0.180 e. The van der Waals surface area contributed by atoms with Gasteiger partial charge in [-0.15, -0.1) is 5.10 Å². The zero-order valence-electron chi connectivity index (χ0n) is 16.4. The summed E-state index contributed by atoms with van der Waals surface area (Å²) >= 11 is 0. The Bertz CT molecular complexity index is 1340. The molecule has 0 aliphatic rings. The number of benzene rings is 2. The predicted molar refractivity (Wildman–Crippen MR) is 114 cm³/mol. The summed E-state index contributed by atoms with van der Waals surface area (Å²) in [5.74, 6) is 0.528. The molecule has 5 rings (SSSR count). The van der Waals surface area contributed by atoms with E-state index < -0.39 is 0 Å². The first kappa shape index (κ1) is 18.0. The molecule has 2 aromatic carbocycles. The molecule has 0 unspecified atom stereocenters. The lowest BCUT2D eigenvalue weighted by Gasteiger charge is -2.08. The second-order valence-electron chi connectivity index (χ2n) is 6.91. The molecule has 0 fully saturated rings. The maximum atomic E-state index is 5.53. The van der Waals surface area contributed by atoms with E-state index in [9.17, 15) is 0 Å². The van der Waals surface area contributed by atoms with Crippen molar-refractivity contribution in [2.24, 2.45) is 0 Å². The Kier molecular flexibility index (Phi) is 4.45. The molecule has 0 saturated heterocycles. The van der Waals surface area contributed by atoms with Gasteiger partial charge in [0.2, 0.25) is 0 Å². The Balaban J connectivity index is 1.37. The van der Waals surface area contributed by atoms with Crippen molar-refractivity contribution in [1.82, 2.24) is 34.8 Å². The van der Waals surface area contributed by atoms with Crippen LogP contribution in [0.5, 0.6) is 0 Å². The molecule has 148 valence electrons. The molecule has 0 radical (unpaired) electrons. The Morgan fingerprint density at radius 1 is 1.07 bits per heavy atom. The lowest BCUT2D eigenvalue weighted by molar-refractivity contribution is 0.0603. The summed E-state index contributed by atoms with van der Waals surface area (Å²) in [6.45, 7) is 6.21. The van der Waals surface area contributed by atoms with Gasteiger partial charge in [0.1, 0.15) is 12.9 Å². The van der Waals surface area contributed by atoms with Crippen LogP contribution in [0.1, 0.15) is 17.0 Å². The summed E-state index contributed by atoms with van der Waals surface area (Å²) < 4.78 is 3.43. The van der Waals surface area contributed by atoms with Crippen LogP contribution in [0.4, 0.5) is 0 Å². The summed E-state index contributed by atoms with van der Waals surface area (Å²) in [5, 5.41) is 9.75. The van der Waals surface area contributed by atoms with E-state index in [4.69, 9.17) is 4.84 Å². The van der Waals surface area contributed by atoms with Crippen molar-refractivity contribution in [2.45, 2.75) is 13.5 Å². The van der Waals surface area contributed by atoms with Crippen LogP contribution in [-0.4, -0.2) is 29.4 Å². The predicted octanol–water partition coefficient (Wildman–Crippen LogP) is 3.46. The van der Waals surface area contributed by atoms with Gasteiger partial charge in [-0.1, -0.05) is 54.6 Å².